The number of carbonyl (C=O) groups is 1. The Hall–Kier alpha value is -2.37. The summed E-state index contributed by atoms with van der Waals surface area (Å²) in [5, 5.41) is 9.93. The zero-order valence-electron chi connectivity index (χ0n) is 8.47. The summed E-state index contributed by atoms with van der Waals surface area (Å²) in [5.74, 6) is -0.0810. The van der Waals surface area contributed by atoms with Gasteiger partial charge in [-0.2, -0.15) is 5.10 Å². The molecule has 0 atom stereocenters. The van der Waals surface area contributed by atoms with Crippen LogP contribution in [0.15, 0.2) is 28.4 Å². The van der Waals surface area contributed by atoms with Gasteiger partial charge in [-0.25, -0.2) is 0 Å². The number of amides is 1. The minimum absolute atomic E-state index is 0.00770. The molecule has 1 amide bonds. The number of carbonyl (C=O) groups excluding carboxylic acids is 1. The zero-order chi connectivity index (χ0) is 11.5. The van der Waals surface area contributed by atoms with Crippen LogP contribution in [0.2, 0.25) is 0 Å². The van der Waals surface area contributed by atoms with Crippen molar-refractivity contribution in [3.63, 3.8) is 0 Å². The van der Waals surface area contributed by atoms with Crippen molar-refractivity contribution in [3.05, 3.63) is 29.3 Å². The van der Waals surface area contributed by atoms with Gasteiger partial charge in [0.15, 0.2) is 0 Å². The molecule has 1 heterocycles. The van der Waals surface area contributed by atoms with Gasteiger partial charge in [-0.05, 0) is 23.3 Å². The Kier molecular flexibility index (Phi) is 2.55. The molecule has 0 unspecified atom stereocenters. The van der Waals surface area contributed by atoms with E-state index in [1.165, 1.54) is 6.21 Å². The van der Waals surface area contributed by atoms with E-state index in [4.69, 9.17) is 11.5 Å². The van der Waals surface area contributed by atoms with Crippen molar-refractivity contribution in [2.24, 2.45) is 21.7 Å². The highest BCUT2D eigenvalue weighted by Gasteiger charge is 2.16. The maximum atomic E-state index is 11.1. The van der Waals surface area contributed by atoms with E-state index >= 15 is 0 Å². The molecular weight excluding hydrogens is 206 g/mol. The molecular formula is C10H11N5O. The molecule has 0 saturated heterocycles. The van der Waals surface area contributed by atoms with E-state index < -0.39 is 0 Å². The van der Waals surface area contributed by atoms with Gasteiger partial charge in [0.1, 0.15) is 0 Å². The molecule has 0 spiro atoms. The van der Waals surface area contributed by atoms with Crippen LogP contribution in [0.25, 0.3) is 0 Å². The first-order valence-corrected chi connectivity index (χ1v) is 4.70. The number of nitrogens with one attached hydrogen (secondary N) is 1. The van der Waals surface area contributed by atoms with E-state index in [1.807, 2.05) is 18.2 Å². The fourth-order valence-corrected chi connectivity index (χ4v) is 1.49. The molecule has 82 valence electrons. The fraction of sp³-hybridized carbons (Fsp3) is 0.100. The SMILES string of the molecule is NC(N)=NN=Cc1ccc2c(c1)CC(=O)N2. The summed E-state index contributed by atoms with van der Waals surface area (Å²) < 4.78 is 0. The molecule has 0 aliphatic carbocycles. The first-order chi connectivity index (χ1) is 7.65. The van der Waals surface area contributed by atoms with Gasteiger partial charge in [0.05, 0.1) is 12.6 Å². The van der Waals surface area contributed by atoms with Crippen LogP contribution in [0, 0.1) is 0 Å². The molecule has 6 nitrogen and oxygen atoms in total. The normalized spacial score (nSPS) is 13.6. The standard InChI is InChI=1S/C10H11N5O/c11-10(12)15-13-5-6-1-2-8-7(3-6)4-9(16)14-8/h1-3,5H,4H2,(H,14,16)(H4,11,12,15). The van der Waals surface area contributed by atoms with Crippen molar-refractivity contribution in [2.45, 2.75) is 6.42 Å². The van der Waals surface area contributed by atoms with Gasteiger partial charge >= 0.3 is 0 Å². The lowest BCUT2D eigenvalue weighted by atomic mass is 10.1. The van der Waals surface area contributed by atoms with Crippen molar-refractivity contribution < 1.29 is 4.79 Å². The predicted molar refractivity (Wildman–Crippen MR) is 62.2 cm³/mol. The first kappa shape index (κ1) is 10.2. The van der Waals surface area contributed by atoms with Crippen molar-refractivity contribution >= 4 is 23.8 Å². The molecule has 2 rings (SSSR count). The number of anilines is 1. The number of rotatable bonds is 2. The quantitative estimate of drug-likeness (QED) is 0.362. The van der Waals surface area contributed by atoms with Gasteiger partial charge in [0.25, 0.3) is 0 Å². The van der Waals surface area contributed by atoms with Gasteiger partial charge in [-0.3, -0.25) is 4.79 Å². The molecule has 0 radical (unpaired) electrons. The van der Waals surface area contributed by atoms with E-state index in [9.17, 15) is 4.79 Å². The first-order valence-electron chi connectivity index (χ1n) is 4.70. The third-order valence-corrected chi connectivity index (χ3v) is 2.13. The summed E-state index contributed by atoms with van der Waals surface area (Å²) in [6.45, 7) is 0. The Morgan fingerprint density at radius 2 is 2.25 bits per heavy atom. The summed E-state index contributed by atoms with van der Waals surface area (Å²) in [6, 6.07) is 5.53. The highest BCUT2D eigenvalue weighted by atomic mass is 16.1. The second-order valence-corrected chi connectivity index (χ2v) is 3.41. The number of guanidine groups is 1. The minimum atomic E-state index is -0.0887. The highest BCUT2D eigenvalue weighted by Crippen LogP contribution is 2.23. The zero-order valence-corrected chi connectivity index (χ0v) is 8.47. The minimum Gasteiger partial charge on any atom is -0.369 e. The summed E-state index contributed by atoms with van der Waals surface area (Å²) >= 11 is 0. The molecule has 5 N–H and O–H groups in total. The second kappa shape index (κ2) is 4.01. The lowest BCUT2D eigenvalue weighted by Gasteiger charge is -1.98. The largest absolute Gasteiger partial charge is 0.369 e. The molecule has 1 aromatic carbocycles. The van der Waals surface area contributed by atoms with Crippen LogP contribution < -0.4 is 16.8 Å². The Balaban J connectivity index is 2.20. The third kappa shape index (κ3) is 2.17. The number of hydrogen-bond acceptors (Lipinski definition) is 3. The fourth-order valence-electron chi connectivity index (χ4n) is 1.49. The van der Waals surface area contributed by atoms with Crippen LogP contribution in [0.1, 0.15) is 11.1 Å². The maximum Gasteiger partial charge on any atom is 0.228 e. The number of nitrogens with zero attached hydrogens (tertiary/aromatic N) is 2. The van der Waals surface area contributed by atoms with Crippen LogP contribution in [-0.4, -0.2) is 18.1 Å². The lowest BCUT2D eigenvalue weighted by molar-refractivity contribution is -0.115. The lowest BCUT2D eigenvalue weighted by Crippen LogP contribution is -2.21. The topological polar surface area (TPSA) is 106 Å². The van der Waals surface area contributed by atoms with Gasteiger partial charge in [-0.1, -0.05) is 6.07 Å². The third-order valence-electron chi connectivity index (χ3n) is 2.13. The summed E-state index contributed by atoms with van der Waals surface area (Å²) in [5.41, 5.74) is 12.9. The van der Waals surface area contributed by atoms with Crippen LogP contribution in [0.3, 0.4) is 0 Å². The average Bonchev–Trinajstić information content (AvgIpc) is 2.56. The Morgan fingerprint density at radius 3 is 3.00 bits per heavy atom. The van der Waals surface area contributed by atoms with Gasteiger partial charge in [0, 0.05) is 5.69 Å². The molecule has 1 aromatic rings. The Labute approximate surface area is 92.0 Å². The van der Waals surface area contributed by atoms with E-state index in [2.05, 4.69) is 15.5 Å². The van der Waals surface area contributed by atoms with Crippen molar-refractivity contribution in [3.8, 4) is 0 Å². The van der Waals surface area contributed by atoms with E-state index in [-0.39, 0.29) is 11.9 Å². The number of benzene rings is 1. The second-order valence-electron chi connectivity index (χ2n) is 3.41. The van der Waals surface area contributed by atoms with Crippen molar-refractivity contribution in [1.82, 2.24) is 0 Å². The van der Waals surface area contributed by atoms with Gasteiger partial charge in [0.2, 0.25) is 11.9 Å². The maximum absolute atomic E-state index is 11.1. The molecule has 16 heavy (non-hydrogen) atoms. The molecule has 6 heteroatoms. The number of nitrogens with two attached hydrogens (primary N) is 2. The van der Waals surface area contributed by atoms with Crippen LogP contribution in [0.5, 0.6) is 0 Å². The summed E-state index contributed by atoms with van der Waals surface area (Å²) in [6.07, 6.45) is 1.93. The Morgan fingerprint density at radius 1 is 1.44 bits per heavy atom. The Bertz CT molecular complexity index is 488. The van der Waals surface area contributed by atoms with Gasteiger partial charge < -0.3 is 16.8 Å². The highest BCUT2D eigenvalue weighted by molar-refractivity contribution is 6.00. The number of hydrogen-bond donors (Lipinski definition) is 3. The smallest absolute Gasteiger partial charge is 0.228 e. The monoisotopic (exact) mass is 217 g/mol. The predicted octanol–water partition coefficient (Wildman–Crippen LogP) is -0.212. The van der Waals surface area contributed by atoms with E-state index in [1.54, 1.807) is 0 Å². The van der Waals surface area contributed by atoms with Crippen molar-refractivity contribution in [2.75, 3.05) is 5.32 Å². The molecule has 0 saturated carbocycles. The summed E-state index contributed by atoms with van der Waals surface area (Å²) in [7, 11) is 0. The van der Waals surface area contributed by atoms with E-state index in [0.29, 0.717) is 6.42 Å². The molecule has 1 aliphatic heterocycles. The molecule has 1 aliphatic rings. The molecule has 0 fully saturated rings. The average molecular weight is 217 g/mol. The van der Waals surface area contributed by atoms with Crippen LogP contribution >= 0.6 is 0 Å². The molecule has 0 aromatic heterocycles. The molecule has 0 bridgehead atoms. The van der Waals surface area contributed by atoms with Gasteiger partial charge in [-0.15, -0.1) is 5.10 Å². The number of fused-ring (bicyclic) bond motifs is 1. The van der Waals surface area contributed by atoms with E-state index in [0.717, 1.165) is 16.8 Å². The summed E-state index contributed by atoms with van der Waals surface area (Å²) in [4.78, 5) is 11.1. The van der Waals surface area contributed by atoms with Crippen molar-refractivity contribution in [1.29, 1.82) is 0 Å². The van der Waals surface area contributed by atoms with Crippen LogP contribution in [0.4, 0.5) is 5.69 Å². The van der Waals surface area contributed by atoms with Crippen LogP contribution in [-0.2, 0) is 11.2 Å².